The average Bonchev–Trinajstić information content (AvgIpc) is 3.08. The van der Waals surface area contributed by atoms with E-state index in [1.165, 1.54) is 25.7 Å². The molecule has 0 N–H and O–H groups in total. The molecule has 2 saturated heterocycles. The number of amides is 2. The Morgan fingerprint density at radius 3 is 2.73 bits per heavy atom. The van der Waals surface area contributed by atoms with Crippen molar-refractivity contribution < 1.29 is 14.3 Å². The molecule has 3 fully saturated rings. The fourth-order valence-electron chi connectivity index (χ4n) is 5.09. The molecule has 0 radical (unpaired) electrons. The summed E-state index contributed by atoms with van der Waals surface area (Å²) in [4.78, 5) is 29.7. The Bertz CT molecular complexity index is 688. The third kappa shape index (κ3) is 3.08. The van der Waals surface area contributed by atoms with E-state index in [1.54, 1.807) is 12.0 Å². The van der Waals surface area contributed by atoms with E-state index < -0.39 is 0 Å². The minimum absolute atomic E-state index is 0.0186. The third-order valence-corrected chi connectivity index (χ3v) is 6.38. The lowest BCUT2D eigenvalue weighted by atomic mass is 9.78. The summed E-state index contributed by atoms with van der Waals surface area (Å²) in [5.41, 5.74) is 0.768. The lowest BCUT2D eigenvalue weighted by Crippen LogP contribution is -2.51. The molecule has 1 saturated carbocycles. The van der Waals surface area contributed by atoms with Crippen LogP contribution in [0.3, 0.4) is 0 Å². The lowest BCUT2D eigenvalue weighted by molar-refractivity contribution is -0.142. The minimum atomic E-state index is -0.229. The number of carbonyl (C=O) groups is 2. The van der Waals surface area contributed by atoms with Gasteiger partial charge in [0.1, 0.15) is 5.75 Å². The number of ether oxygens (including phenoxy) is 1. The first-order valence-corrected chi connectivity index (χ1v) is 9.93. The second-order valence-electron chi connectivity index (χ2n) is 7.86. The molecular formula is C21H28N2O3. The average molecular weight is 356 g/mol. The van der Waals surface area contributed by atoms with Crippen LogP contribution in [0.1, 0.15) is 44.9 Å². The van der Waals surface area contributed by atoms with Gasteiger partial charge in [0.25, 0.3) is 0 Å². The van der Waals surface area contributed by atoms with Crippen molar-refractivity contribution in [3.63, 3.8) is 0 Å². The zero-order valence-corrected chi connectivity index (χ0v) is 15.5. The lowest BCUT2D eigenvalue weighted by Gasteiger charge is -2.45. The number of para-hydroxylation sites is 2. The maximum atomic E-state index is 13.2. The number of likely N-dealkylation sites (tertiary alicyclic amines) is 1. The molecule has 0 spiro atoms. The highest BCUT2D eigenvalue weighted by atomic mass is 16.5. The topological polar surface area (TPSA) is 49.9 Å². The summed E-state index contributed by atoms with van der Waals surface area (Å²) in [6, 6.07) is 7.94. The van der Waals surface area contributed by atoms with Gasteiger partial charge < -0.3 is 14.5 Å². The number of hydrogen-bond donors (Lipinski definition) is 0. The second-order valence-corrected chi connectivity index (χ2v) is 7.86. The number of nitrogens with zero attached hydrogens (tertiary/aromatic N) is 2. The van der Waals surface area contributed by atoms with Gasteiger partial charge in [-0.15, -0.1) is 0 Å². The zero-order chi connectivity index (χ0) is 18.1. The standard InChI is InChI=1S/C21H28N2O3/c1-26-19-11-5-4-10-18(19)23-14-16(13-20(23)24)21(25)22-12-6-8-15-7-2-3-9-17(15)22/h4-5,10-11,15-17H,2-3,6-9,12-14H2,1H3. The Balaban J connectivity index is 1.50. The van der Waals surface area contributed by atoms with Crippen LogP contribution in [0.25, 0.3) is 0 Å². The molecule has 0 bridgehead atoms. The Morgan fingerprint density at radius 1 is 1.12 bits per heavy atom. The Hall–Kier alpha value is -2.04. The highest BCUT2D eigenvalue weighted by molar-refractivity contribution is 6.01. The molecule has 26 heavy (non-hydrogen) atoms. The molecule has 2 heterocycles. The molecule has 1 aliphatic carbocycles. The van der Waals surface area contributed by atoms with Crippen LogP contribution in [0.2, 0.25) is 0 Å². The Morgan fingerprint density at radius 2 is 1.88 bits per heavy atom. The summed E-state index contributed by atoms with van der Waals surface area (Å²) in [6.07, 6.45) is 7.58. The molecule has 5 heteroatoms. The zero-order valence-electron chi connectivity index (χ0n) is 15.5. The summed E-state index contributed by atoms with van der Waals surface area (Å²) in [5.74, 6) is 1.33. The molecule has 2 amide bonds. The molecule has 4 rings (SSSR count). The molecule has 140 valence electrons. The number of hydrogen-bond acceptors (Lipinski definition) is 3. The van der Waals surface area contributed by atoms with E-state index in [1.807, 2.05) is 24.3 Å². The number of methoxy groups -OCH3 is 1. The maximum absolute atomic E-state index is 13.2. The van der Waals surface area contributed by atoms with Gasteiger partial charge in [-0.05, 0) is 43.7 Å². The number of fused-ring (bicyclic) bond motifs is 1. The molecule has 3 atom stereocenters. The van der Waals surface area contributed by atoms with E-state index >= 15 is 0 Å². The summed E-state index contributed by atoms with van der Waals surface area (Å²) in [5, 5.41) is 0. The van der Waals surface area contributed by atoms with Crippen LogP contribution in [-0.4, -0.2) is 43.0 Å². The van der Waals surface area contributed by atoms with Gasteiger partial charge in [-0.3, -0.25) is 9.59 Å². The van der Waals surface area contributed by atoms with Crippen molar-refractivity contribution in [2.24, 2.45) is 11.8 Å². The van der Waals surface area contributed by atoms with Gasteiger partial charge in [0.15, 0.2) is 0 Å². The predicted octanol–water partition coefficient (Wildman–Crippen LogP) is 3.23. The number of carbonyl (C=O) groups excluding carboxylic acids is 2. The molecule has 1 aromatic carbocycles. The fourth-order valence-corrected chi connectivity index (χ4v) is 5.09. The van der Waals surface area contributed by atoms with Gasteiger partial charge in [-0.1, -0.05) is 25.0 Å². The first-order valence-electron chi connectivity index (χ1n) is 9.93. The van der Waals surface area contributed by atoms with Crippen molar-refractivity contribution in [2.45, 2.75) is 51.0 Å². The number of piperidine rings is 1. The molecular weight excluding hydrogens is 328 g/mol. The van der Waals surface area contributed by atoms with Crippen molar-refractivity contribution in [1.82, 2.24) is 4.90 Å². The van der Waals surface area contributed by atoms with E-state index in [9.17, 15) is 9.59 Å². The van der Waals surface area contributed by atoms with E-state index in [4.69, 9.17) is 4.74 Å². The molecule has 1 aromatic rings. The quantitative estimate of drug-likeness (QED) is 0.835. The molecule has 2 aliphatic heterocycles. The first-order chi connectivity index (χ1) is 12.7. The smallest absolute Gasteiger partial charge is 0.228 e. The van der Waals surface area contributed by atoms with E-state index in [0.29, 0.717) is 30.7 Å². The van der Waals surface area contributed by atoms with Crippen molar-refractivity contribution in [3.05, 3.63) is 24.3 Å². The number of rotatable bonds is 3. The van der Waals surface area contributed by atoms with Crippen molar-refractivity contribution >= 4 is 17.5 Å². The summed E-state index contributed by atoms with van der Waals surface area (Å²) < 4.78 is 5.40. The van der Waals surface area contributed by atoms with E-state index in [-0.39, 0.29) is 17.7 Å². The fraction of sp³-hybridized carbons (Fsp3) is 0.619. The molecule has 3 aliphatic rings. The van der Waals surface area contributed by atoms with Gasteiger partial charge in [0.05, 0.1) is 18.7 Å². The van der Waals surface area contributed by atoms with Crippen LogP contribution in [0.15, 0.2) is 24.3 Å². The van der Waals surface area contributed by atoms with E-state index in [2.05, 4.69) is 4.90 Å². The van der Waals surface area contributed by atoms with Crippen LogP contribution < -0.4 is 9.64 Å². The minimum Gasteiger partial charge on any atom is -0.495 e. The number of benzene rings is 1. The summed E-state index contributed by atoms with van der Waals surface area (Å²) >= 11 is 0. The van der Waals surface area contributed by atoms with E-state index in [0.717, 1.165) is 25.1 Å². The molecule has 3 unspecified atom stereocenters. The van der Waals surface area contributed by atoms with Crippen LogP contribution >= 0.6 is 0 Å². The Labute approximate surface area is 155 Å². The second kappa shape index (κ2) is 7.29. The first kappa shape index (κ1) is 17.4. The Kier molecular flexibility index (Phi) is 4.88. The molecule has 5 nitrogen and oxygen atoms in total. The van der Waals surface area contributed by atoms with Gasteiger partial charge in [-0.25, -0.2) is 0 Å². The van der Waals surface area contributed by atoms with Gasteiger partial charge >= 0.3 is 0 Å². The normalized spacial score (nSPS) is 28.8. The SMILES string of the molecule is COc1ccccc1N1CC(C(=O)N2CCCC3CCCCC32)CC1=O. The maximum Gasteiger partial charge on any atom is 0.228 e. The van der Waals surface area contributed by atoms with Crippen LogP contribution in [-0.2, 0) is 9.59 Å². The summed E-state index contributed by atoms with van der Waals surface area (Å²) in [6.45, 7) is 1.32. The van der Waals surface area contributed by atoms with Crippen LogP contribution in [0.4, 0.5) is 5.69 Å². The third-order valence-electron chi connectivity index (χ3n) is 6.38. The van der Waals surface area contributed by atoms with Crippen molar-refractivity contribution in [1.29, 1.82) is 0 Å². The van der Waals surface area contributed by atoms with Crippen molar-refractivity contribution in [2.75, 3.05) is 25.1 Å². The predicted molar refractivity (Wildman–Crippen MR) is 100 cm³/mol. The number of anilines is 1. The van der Waals surface area contributed by atoms with Crippen molar-refractivity contribution in [3.8, 4) is 5.75 Å². The van der Waals surface area contributed by atoms with Crippen LogP contribution in [0.5, 0.6) is 5.75 Å². The largest absolute Gasteiger partial charge is 0.495 e. The highest BCUT2D eigenvalue weighted by Gasteiger charge is 2.42. The summed E-state index contributed by atoms with van der Waals surface area (Å²) in [7, 11) is 1.61. The van der Waals surface area contributed by atoms with Crippen LogP contribution in [0, 0.1) is 11.8 Å². The monoisotopic (exact) mass is 356 g/mol. The van der Waals surface area contributed by atoms with Gasteiger partial charge in [-0.2, -0.15) is 0 Å². The highest BCUT2D eigenvalue weighted by Crippen LogP contribution is 2.38. The van der Waals surface area contributed by atoms with Gasteiger partial charge in [0.2, 0.25) is 11.8 Å². The van der Waals surface area contributed by atoms with Gasteiger partial charge in [0, 0.05) is 25.6 Å². The molecule has 0 aromatic heterocycles.